The molecule has 140 valence electrons. The predicted octanol–water partition coefficient (Wildman–Crippen LogP) is 6.27. The van der Waals surface area contributed by atoms with Gasteiger partial charge in [0.05, 0.1) is 7.11 Å². The Hall–Kier alpha value is -2.46. The van der Waals surface area contributed by atoms with Gasteiger partial charge in [0.2, 0.25) is 0 Å². The van der Waals surface area contributed by atoms with Gasteiger partial charge < -0.3 is 14.8 Å². The molecule has 0 aliphatic heterocycles. The fourth-order valence-corrected chi connectivity index (χ4v) is 3.22. The molecular formula is C23H24BrNO2. The van der Waals surface area contributed by atoms with Crippen molar-refractivity contribution in [2.75, 3.05) is 12.4 Å². The molecule has 3 aromatic rings. The van der Waals surface area contributed by atoms with Crippen LogP contribution in [-0.4, -0.2) is 7.11 Å². The minimum absolute atomic E-state index is 0.491. The van der Waals surface area contributed by atoms with Gasteiger partial charge in [0.25, 0.3) is 0 Å². The molecule has 3 aromatic carbocycles. The van der Waals surface area contributed by atoms with Crippen molar-refractivity contribution in [3.05, 3.63) is 87.4 Å². The molecule has 0 amide bonds. The summed E-state index contributed by atoms with van der Waals surface area (Å²) in [7, 11) is 1.67. The summed E-state index contributed by atoms with van der Waals surface area (Å²) in [4.78, 5) is 0. The van der Waals surface area contributed by atoms with Crippen LogP contribution in [0.15, 0.2) is 65.1 Å². The second-order valence-corrected chi connectivity index (χ2v) is 7.41. The Morgan fingerprint density at radius 2 is 1.48 bits per heavy atom. The molecule has 0 heterocycles. The molecule has 0 aliphatic rings. The maximum Gasteiger partial charge on any atom is 0.167 e. The Labute approximate surface area is 169 Å². The third-order valence-corrected chi connectivity index (χ3v) is 5.15. The van der Waals surface area contributed by atoms with Crippen LogP contribution in [0.3, 0.4) is 0 Å². The van der Waals surface area contributed by atoms with Crippen molar-refractivity contribution in [1.82, 2.24) is 0 Å². The summed E-state index contributed by atoms with van der Waals surface area (Å²) >= 11 is 3.66. The van der Waals surface area contributed by atoms with E-state index in [0.29, 0.717) is 13.2 Å². The number of methoxy groups -OCH3 is 1. The lowest BCUT2D eigenvalue weighted by Crippen LogP contribution is -2.06. The van der Waals surface area contributed by atoms with Crippen LogP contribution in [0.4, 0.5) is 5.69 Å². The summed E-state index contributed by atoms with van der Waals surface area (Å²) in [5.74, 6) is 1.48. The number of anilines is 1. The quantitative estimate of drug-likeness (QED) is 0.483. The van der Waals surface area contributed by atoms with E-state index in [0.717, 1.165) is 32.8 Å². The van der Waals surface area contributed by atoms with Gasteiger partial charge in [-0.25, -0.2) is 0 Å². The van der Waals surface area contributed by atoms with E-state index in [-0.39, 0.29) is 0 Å². The topological polar surface area (TPSA) is 30.5 Å². The molecular weight excluding hydrogens is 402 g/mol. The van der Waals surface area contributed by atoms with E-state index >= 15 is 0 Å². The first-order valence-corrected chi connectivity index (χ1v) is 9.70. The van der Waals surface area contributed by atoms with E-state index in [1.165, 1.54) is 11.1 Å². The Morgan fingerprint density at radius 1 is 0.852 bits per heavy atom. The molecule has 0 spiro atoms. The Kier molecular flexibility index (Phi) is 6.40. The highest BCUT2D eigenvalue weighted by molar-refractivity contribution is 9.10. The lowest BCUT2D eigenvalue weighted by atomic mass is 10.1. The zero-order chi connectivity index (χ0) is 19.2. The molecule has 3 nitrogen and oxygen atoms in total. The largest absolute Gasteiger partial charge is 0.493 e. The van der Waals surface area contributed by atoms with Crippen LogP contribution in [-0.2, 0) is 13.2 Å². The van der Waals surface area contributed by atoms with Crippen LogP contribution in [0.5, 0.6) is 11.5 Å². The third kappa shape index (κ3) is 5.04. The maximum absolute atomic E-state index is 6.18. The molecule has 0 saturated heterocycles. The SMILES string of the molecule is COc1ccc(Br)c(CNc2ccc(C)cc2)c1OCc1ccc(C)cc1. The monoisotopic (exact) mass is 425 g/mol. The first kappa shape index (κ1) is 19.3. The van der Waals surface area contributed by atoms with Crippen molar-refractivity contribution >= 4 is 21.6 Å². The fourth-order valence-electron chi connectivity index (χ4n) is 2.77. The van der Waals surface area contributed by atoms with E-state index in [1.807, 2.05) is 12.1 Å². The third-order valence-electron chi connectivity index (χ3n) is 4.41. The summed E-state index contributed by atoms with van der Waals surface area (Å²) in [5, 5.41) is 3.46. The van der Waals surface area contributed by atoms with E-state index in [4.69, 9.17) is 9.47 Å². The molecule has 0 saturated carbocycles. The van der Waals surface area contributed by atoms with E-state index in [2.05, 4.69) is 83.6 Å². The maximum atomic E-state index is 6.18. The van der Waals surface area contributed by atoms with E-state index in [1.54, 1.807) is 7.11 Å². The summed E-state index contributed by atoms with van der Waals surface area (Å²) in [6.45, 7) is 5.28. The van der Waals surface area contributed by atoms with Crippen LogP contribution < -0.4 is 14.8 Å². The lowest BCUT2D eigenvalue weighted by molar-refractivity contribution is 0.281. The molecule has 0 aromatic heterocycles. The van der Waals surface area contributed by atoms with Crippen molar-refractivity contribution in [2.24, 2.45) is 0 Å². The molecule has 0 bridgehead atoms. The van der Waals surface area contributed by atoms with E-state index < -0.39 is 0 Å². The highest BCUT2D eigenvalue weighted by atomic mass is 79.9. The number of halogens is 1. The first-order valence-electron chi connectivity index (χ1n) is 8.91. The molecule has 0 unspecified atom stereocenters. The van der Waals surface area contributed by atoms with Crippen LogP contribution in [0.25, 0.3) is 0 Å². The second kappa shape index (κ2) is 8.96. The summed E-state index contributed by atoms with van der Waals surface area (Å²) in [6.07, 6.45) is 0. The molecule has 27 heavy (non-hydrogen) atoms. The van der Waals surface area contributed by atoms with Gasteiger partial charge >= 0.3 is 0 Å². The number of benzene rings is 3. The van der Waals surface area contributed by atoms with Crippen LogP contribution >= 0.6 is 15.9 Å². The molecule has 0 fully saturated rings. The highest BCUT2D eigenvalue weighted by Crippen LogP contribution is 2.37. The number of rotatable bonds is 7. The standard InChI is InChI=1S/C23H24BrNO2/c1-16-4-8-18(9-5-16)15-27-23-20(21(24)12-13-22(23)26-3)14-25-19-10-6-17(2)7-11-19/h4-13,25H,14-15H2,1-3H3. The molecule has 0 radical (unpaired) electrons. The van der Waals surface area contributed by atoms with Gasteiger partial charge in [0.15, 0.2) is 11.5 Å². The summed E-state index contributed by atoms with van der Waals surface area (Å²) in [5.41, 5.74) is 5.70. The number of nitrogens with one attached hydrogen (secondary N) is 1. The normalized spacial score (nSPS) is 10.5. The Morgan fingerprint density at radius 3 is 2.11 bits per heavy atom. The predicted molar refractivity (Wildman–Crippen MR) is 115 cm³/mol. The van der Waals surface area contributed by atoms with Crippen LogP contribution in [0.1, 0.15) is 22.3 Å². The number of ether oxygens (including phenoxy) is 2. The lowest BCUT2D eigenvalue weighted by Gasteiger charge is -2.18. The Bertz CT molecular complexity index is 890. The van der Waals surface area contributed by atoms with Crippen molar-refractivity contribution in [1.29, 1.82) is 0 Å². The van der Waals surface area contributed by atoms with Gasteiger partial charge in [-0.2, -0.15) is 0 Å². The van der Waals surface area contributed by atoms with Gasteiger partial charge in [-0.15, -0.1) is 0 Å². The fraction of sp³-hybridized carbons (Fsp3) is 0.217. The van der Waals surface area contributed by atoms with Gasteiger partial charge in [0, 0.05) is 22.3 Å². The zero-order valence-corrected chi connectivity index (χ0v) is 17.5. The van der Waals surface area contributed by atoms with Gasteiger partial charge in [-0.05, 0) is 43.7 Å². The smallest absolute Gasteiger partial charge is 0.167 e. The van der Waals surface area contributed by atoms with Crippen molar-refractivity contribution < 1.29 is 9.47 Å². The van der Waals surface area contributed by atoms with Gasteiger partial charge in [-0.1, -0.05) is 63.5 Å². The number of aryl methyl sites for hydroxylation is 2. The van der Waals surface area contributed by atoms with Crippen LogP contribution in [0.2, 0.25) is 0 Å². The molecule has 1 N–H and O–H groups in total. The first-order chi connectivity index (χ1) is 13.1. The molecule has 0 aliphatic carbocycles. The van der Waals surface area contributed by atoms with Gasteiger partial charge in [-0.3, -0.25) is 0 Å². The minimum atomic E-state index is 0.491. The van der Waals surface area contributed by atoms with Gasteiger partial charge in [0.1, 0.15) is 6.61 Å². The Balaban J connectivity index is 1.81. The number of hydrogen-bond donors (Lipinski definition) is 1. The average Bonchev–Trinajstić information content (AvgIpc) is 2.68. The molecule has 0 atom stereocenters. The second-order valence-electron chi connectivity index (χ2n) is 6.55. The molecule has 3 rings (SSSR count). The summed E-state index contributed by atoms with van der Waals surface area (Å²) in [6, 6.07) is 20.6. The minimum Gasteiger partial charge on any atom is -0.493 e. The summed E-state index contributed by atoms with van der Waals surface area (Å²) < 4.78 is 12.7. The zero-order valence-electron chi connectivity index (χ0n) is 15.9. The average molecular weight is 426 g/mol. The van der Waals surface area contributed by atoms with Crippen molar-refractivity contribution in [2.45, 2.75) is 27.0 Å². The van der Waals surface area contributed by atoms with Crippen LogP contribution in [0, 0.1) is 13.8 Å². The van der Waals surface area contributed by atoms with Crippen molar-refractivity contribution in [3.8, 4) is 11.5 Å². The van der Waals surface area contributed by atoms with Crippen molar-refractivity contribution in [3.63, 3.8) is 0 Å². The highest BCUT2D eigenvalue weighted by Gasteiger charge is 2.15. The number of hydrogen-bond acceptors (Lipinski definition) is 3. The molecule has 4 heteroatoms. The van der Waals surface area contributed by atoms with E-state index in [9.17, 15) is 0 Å².